The number of rotatable bonds is 8. The fraction of sp³-hybridized carbons (Fsp3) is 0.450. The van der Waals surface area contributed by atoms with Gasteiger partial charge in [0.1, 0.15) is 5.76 Å². The fourth-order valence-corrected chi connectivity index (χ4v) is 5.13. The molecule has 1 amide bonds. The molecule has 2 heterocycles. The Kier molecular flexibility index (Phi) is 6.41. The van der Waals surface area contributed by atoms with Gasteiger partial charge in [-0.2, -0.15) is 0 Å². The Hall–Kier alpha value is -2.32. The van der Waals surface area contributed by atoms with E-state index >= 15 is 0 Å². The first-order chi connectivity index (χ1) is 13.5. The average Bonchev–Trinajstić information content (AvgIpc) is 3.34. The van der Waals surface area contributed by atoms with Gasteiger partial charge in [-0.05, 0) is 49.8 Å². The number of amides is 1. The number of hydrogen-bond acceptors (Lipinski definition) is 5. The number of hydrogen-bond donors (Lipinski definition) is 1. The van der Waals surface area contributed by atoms with Crippen molar-refractivity contribution in [2.24, 2.45) is 0 Å². The van der Waals surface area contributed by atoms with Crippen LogP contribution in [-0.4, -0.2) is 51.2 Å². The van der Waals surface area contributed by atoms with Crippen molar-refractivity contribution in [3.63, 3.8) is 0 Å². The van der Waals surface area contributed by atoms with Gasteiger partial charge in [-0.25, -0.2) is 8.42 Å². The Bertz CT molecular complexity index is 892. The summed E-state index contributed by atoms with van der Waals surface area (Å²) in [6, 6.07) is 10.5. The molecule has 1 N–H and O–H groups in total. The van der Waals surface area contributed by atoms with Crippen molar-refractivity contribution in [1.29, 1.82) is 0 Å². The molecule has 8 heteroatoms. The van der Waals surface area contributed by atoms with Gasteiger partial charge in [-0.15, -0.1) is 0 Å². The second-order valence-electron chi connectivity index (χ2n) is 6.75. The summed E-state index contributed by atoms with van der Waals surface area (Å²) in [6.45, 7) is 6.67. The topological polar surface area (TPSA) is 82.9 Å². The molecule has 1 atom stereocenters. The third kappa shape index (κ3) is 4.39. The summed E-state index contributed by atoms with van der Waals surface area (Å²) in [4.78, 5) is 14.9. The van der Waals surface area contributed by atoms with Crippen LogP contribution in [0, 0.1) is 0 Å². The maximum absolute atomic E-state index is 12.7. The van der Waals surface area contributed by atoms with Crippen LogP contribution in [0.5, 0.6) is 0 Å². The van der Waals surface area contributed by atoms with Crippen molar-refractivity contribution in [2.45, 2.75) is 26.3 Å². The van der Waals surface area contributed by atoms with Gasteiger partial charge in [-0.1, -0.05) is 19.9 Å². The summed E-state index contributed by atoms with van der Waals surface area (Å²) in [7, 11) is -3.27. The minimum Gasteiger partial charge on any atom is -0.468 e. The van der Waals surface area contributed by atoms with Crippen molar-refractivity contribution in [2.75, 3.05) is 36.2 Å². The van der Waals surface area contributed by atoms with Crippen LogP contribution < -0.4 is 9.62 Å². The number of nitrogens with zero attached hydrogens (tertiary/aromatic N) is 2. The van der Waals surface area contributed by atoms with Crippen molar-refractivity contribution < 1.29 is 17.6 Å². The Morgan fingerprint density at radius 2 is 2.04 bits per heavy atom. The fourth-order valence-electron chi connectivity index (χ4n) is 3.58. The number of benzene rings is 1. The number of likely N-dealkylation sites (N-methyl/N-ethyl adjacent to an activating group) is 1. The molecule has 1 fully saturated rings. The lowest BCUT2D eigenvalue weighted by molar-refractivity contribution is 0.0929. The monoisotopic (exact) mass is 405 g/mol. The van der Waals surface area contributed by atoms with E-state index in [-0.39, 0.29) is 17.7 Å². The highest BCUT2D eigenvalue weighted by atomic mass is 32.2. The van der Waals surface area contributed by atoms with Gasteiger partial charge in [0.15, 0.2) is 0 Å². The predicted octanol–water partition coefficient (Wildman–Crippen LogP) is 2.63. The van der Waals surface area contributed by atoms with Gasteiger partial charge < -0.3 is 9.73 Å². The van der Waals surface area contributed by atoms with Crippen LogP contribution in [0.15, 0.2) is 47.1 Å². The number of carbonyl (C=O) groups excluding carboxylic acids is 1. The van der Waals surface area contributed by atoms with E-state index in [1.54, 1.807) is 30.5 Å². The molecule has 1 saturated heterocycles. The van der Waals surface area contributed by atoms with Gasteiger partial charge in [0.2, 0.25) is 10.0 Å². The van der Waals surface area contributed by atoms with Gasteiger partial charge in [0.25, 0.3) is 5.91 Å². The molecule has 0 aliphatic carbocycles. The number of sulfonamides is 1. The molecule has 0 radical (unpaired) electrons. The average molecular weight is 406 g/mol. The molecule has 2 aromatic rings. The summed E-state index contributed by atoms with van der Waals surface area (Å²) in [5.41, 5.74) is 0.980. The predicted molar refractivity (Wildman–Crippen MR) is 109 cm³/mol. The molecule has 28 heavy (non-hydrogen) atoms. The molecule has 152 valence electrons. The molecule has 1 aromatic heterocycles. The summed E-state index contributed by atoms with van der Waals surface area (Å²) in [6.07, 6.45) is 2.24. The standard InChI is InChI=1S/C20H27N3O4S/c1-3-22(4-2)18(19-10-6-12-27-19)15-21-20(24)16-8-5-9-17(14-16)23-11-7-13-28(23,25)26/h5-6,8-10,12,14,18H,3-4,7,11,13,15H2,1-2H3,(H,21,24). The maximum atomic E-state index is 12.7. The minimum atomic E-state index is -3.27. The van der Waals surface area contributed by atoms with Gasteiger partial charge >= 0.3 is 0 Å². The van der Waals surface area contributed by atoms with Crippen LogP contribution in [-0.2, 0) is 10.0 Å². The SMILES string of the molecule is CCN(CC)C(CNC(=O)c1cccc(N2CCCS2(=O)=O)c1)c1ccco1. The smallest absolute Gasteiger partial charge is 0.251 e. The van der Waals surface area contributed by atoms with Crippen LogP contribution >= 0.6 is 0 Å². The van der Waals surface area contributed by atoms with Gasteiger partial charge in [-0.3, -0.25) is 14.0 Å². The Morgan fingerprint density at radius 3 is 2.64 bits per heavy atom. The zero-order chi connectivity index (χ0) is 20.1. The first kappa shape index (κ1) is 20.4. The van der Waals surface area contributed by atoms with Crippen molar-refractivity contribution >= 4 is 21.6 Å². The molecular weight excluding hydrogens is 378 g/mol. The highest BCUT2D eigenvalue weighted by Crippen LogP contribution is 2.25. The zero-order valence-corrected chi connectivity index (χ0v) is 17.1. The van der Waals surface area contributed by atoms with E-state index in [1.807, 2.05) is 12.1 Å². The highest BCUT2D eigenvalue weighted by Gasteiger charge is 2.29. The van der Waals surface area contributed by atoms with Crippen LogP contribution in [0.25, 0.3) is 0 Å². The zero-order valence-electron chi connectivity index (χ0n) is 16.3. The van der Waals surface area contributed by atoms with Crippen molar-refractivity contribution in [3.05, 3.63) is 54.0 Å². The third-order valence-corrected chi connectivity index (χ3v) is 6.95. The first-order valence-corrected chi connectivity index (χ1v) is 11.2. The quantitative estimate of drug-likeness (QED) is 0.730. The van der Waals surface area contributed by atoms with Gasteiger partial charge in [0, 0.05) is 18.7 Å². The molecule has 1 aliphatic heterocycles. The van der Waals surface area contributed by atoms with Crippen LogP contribution in [0.2, 0.25) is 0 Å². The lowest BCUT2D eigenvalue weighted by atomic mass is 10.1. The normalized spacial score (nSPS) is 17.0. The minimum absolute atomic E-state index is 0.0592. The van der Waals surface area contributed by atoms with E-state index in [0.29, 0.717) is 30.8 Å². The van der Waals surface area contributed by atoms with Crippen molar-refractivity contribution in [3.8, 4) is 0 Å². The van der Waals surface area contributed by atoms with E-state index in [1.165, 1.54) is 4.31 Å². The Morgan fingerprint density at radius 1 is 1.25 bits per heavy atom. The molecule has 0 saturated carbocycles. The molecular formula is C20H27N3O4S. The van der Waals surface area contributed by atoms with Crippen molar-refractivity contribution in [1.82, 2.24) is 10.2 Å². The lowest BCUT2D eigenvalue weighted by Gasteiger charge is -2.28. The second-order valence-corrected chi connectivity index (χ2v) is 8.77. The molecule has 3 rings (SSSR count). The van der Waals surface area contributed by atoms with Gasteiger partial charge in [0.05, 0.1) is 23.7 Å². The van der Waals surface area contributed by atoms with E-state index in [9.17, 15) is 13.2 Å². The third-order valence-electron chi connectivity index (χ3n) is 5.08. The maximum Gasteiger partial charge on any atom is 0.251 e. The van der Waals surface area contributed by atoms with Crippen LogP contribution in [0.4, 0.5) is 5.69 Å². The first-order valence-electron chi connectivity index (χ1n) is 9.62. The van der Waals surface area contributed by atoms with E-state index in [2.05, 4.69) is 24.1 Å². The summed E-state index contributed by atoms with van der Waals surface area (Å²) in [5, 5.41) is 2.97. The van der Waals surface area contributed by atoms with Crippen LogP contribution in [0.3, 0.4) is 0 Å². The molecule has 1 aliphatic rings. The lowest BCUT2D eigenvalue weighted by Crippen LogP contribution is -2.38. The number of furan rings is 1. The Balaban J connectivity index is 1.73. The second kappa shape index (κ2) is 8.79. The molecule has 7 nitrogen and oxygen atoms in total. The van der Waals surface area contributed by atoms with E-state index in [0.717, 1.165) is 18.8 Å². The molecule has 0 bridgehead atoms. The largest absolute Gasteiger partial charge is 0.468 e. The highest BCUT2D eigenvalue weighted by molar-refractivity contribution is 7.93. The van der Waals surface area contributed by atoms with E-state index in [4.69, 9.17) is 4.42 Å². The molecule has 0 spiro atoms. The molecule has 1 aromatic carbocycles. The summed E-state index contributed by atoms with van der Waals surface area (Å²) in [5.74, 6) is 0.723. The Labute approximate surface area is 166 Å². The van der Waals surface area contributed by atoms with Crippen LogP contribution in [0.1, 0.15) is 42.4 Å². The van der Waals surface area contributed by atoms with E-state index < -0.39 is 10.0 Å². The number of nitrogens with one attached hydrogen (secondary N) is 1. The summed E-state index contributed by atoms with van der Waals surface area (Å²) >= 11 is 0. The molecule has 1 unspecified atom stereocenters. The number of carbonyl (C=O) groups is 1. The summed E-state index contributed by atoms with van der Waals surface area (Å²) < 4.78 is 31.2. The number of anilines is 1.